The summed E-state index contributed by atoms with van der Waals surface area (Å²) in [6, 6.07) is 5.86. The first kappa shape index (κ1) is 20.9. The first-order valence-corrected chi connectivity index (χ1v) is 11.0. The zero-order valence-corrected chi connectivity index (χ0v) is 18.1. The lowest BCUT2D eigenvalue weighted by Crippen LogP contribution is -2.35. The van der Waals surface area contributed by atoms with Crippen LogP contribution in [0.2, 0.25) is 0 Å². The number of nitrogens with one attached hydrogen (secondary N) is 1. The number of nitrogens with zero attached hydrogens (tertiary/aromatic N) is 4. The van der Waals surface area contributed by atoms with Crippen LogP contribution >= 0.6 is 11.3 Å². The summed E-state index contributed by atoms with van der Waals surface area (Å²) in [7, 11) is 1.92. The van der Waals surface area contributed by atoms with Crippen LogP contribution < -0.4 is 5.32 Å². The van der Waals surface area contributed by atoms with Gasteiger partial charge >= 0.3 is 0 Å². The topological polar surface area (TPSA) is 104 Å². The van der Waals surface area contributed by atoms with E-state index < -0.39 is 0 Å². The second-order valence-electron chi connectivity index (χ2n) is 7.47. The van der Waals surface area contributed by atoms with E-state index in [9.17, 15) is 14.9 Å². The Balaban J connectivity index is 1.38. The summed E-state index contributed by atoms with van der Waals surface area (Å²) in [4.78, 5) is 32.1. The van der Waals surface area contributed by atoms with Crippen molar-refractivity contribution in [3.8, 4) is 6.07 Å². The molecule has 160 valence electrons. The minimum atomic E-state index is -0.158. The smallest absolute Gasteiger partial charge is 0.225 e. The van der Waals surface area contributed by atoms with Gasteiger partial charge in [-0.15, -0.1) is 11.3 Å². The highest BCUT2D eigenvalue weighted by Crippen LogP contribution is 2.37. The first-order chi connectivity index (χ1) is 15.0. The standard InChI is InChI=1S/C22H23N5O3S/c1-26-11-9-24-19(26)5-7-21(29)27-10-8-16-17(13-23)22(31-18(16)14-27)25-20(28)6-4-15-3-2-12-30-15/h2-3,9,11-12H,4-8,10,14H2,1H3,(H,25,28). The average molecular weight is 438 g/mol. The largest absolute Gasteiger partial charge is 0.469 e. The molecule has 2 amide bonds. The Morgan fingerprint density at radius 3 is 2.94 bits per heavy atom. The molecule has 0 atom stereocenters. The molecule has 3 aromatic rings. The lowest BCUT2D eigenvalue weighted by Gasteiger charge is -2.27. The molecular formula is C22H23N5O3S. The van der Waals surface area contributed by atoms with Crippen molar-refractivity contribution in [2.45, 2.75) is 38.6 Å². The first-order valence-electron chi connectivity index (χ1n) is 10.2. The molecule has 0 unspecified atom stereocenters. The molecule has 4 heterocycles. The van der Waals surface area contributed by atoms with Gasteiger partial charge in [0.2, 0.25) is 11.8 Å². The minimum absolute atomic E-state index is 0.0737. The maximum Gasteiger partial charge on any atom is 0.225 e. The van der Waals surface area contributed by atoms with E-state index in [1.807, 2.05) is 28.8 Å². The third kappa shape index (κ3) is 4.70. The molecule has 0 radical (unpaired) electrons. The Bertz CT molecular complexity index is 1120. The quantitative estimate of drug-likeness (QED) is 0.612. The van der Waals surface area contributed by atoms with Crippen LogP contribution in [-0.2, 0) is 42.4 Å². The molecule has 0 aromatic carbocycles. The van der Waals surface area contributed by atoms with E-state index in [1.165, 1.54) is 11.3 Å². The van der Waals surface area contributed by atoms with Crippen molar-refractivity contribution in [1.29, 1.82) is 5.26 Å². The molecule has 8 nitrogen and oxygen atoms in total. The van der Waals surface area contributed by atoms with Crippen LogP contribution in [0.25, 0.3) is 0 Å². The lowest BCUT2D eigenvalue weighted by atomic mass is 10.0. The number of hydrogen-bond acceptors (Lipinski definition) is 6. The maximum absolute atomic E-state index is 12.7. The molecule has 1 aliphatic rings. The Hall–Kier alpha value is -3.38. The molecule has 31 heavy (non-hydrogen) atoms. The monoisotopic (exact) mass is 437 g/mol. The van der Waals surface area contributed by atoms with Crippen LogP contribution in [0.1, 0.15) is 40.4 Å². The van der Waals surface area contributed by atoms with Crippen molar-refractivity contribution in [3.05, 3.63) is 58.4 Å². The summed E-state index contributed by atoms with van der Waals surface area (Å²) in [6.07, 6.45) is 7.56. The molecule has 4 rings (SSSR count). The van der Waals surface area contributed by atoms with Crippen LogP contribution in [-0.4, -0.2) is 32.8 Å². The van der Waals surface area contributed by atoms with Crippen LogP contribution in [0.3, 0.4) is 0 Å². The number of nitriles is 1. The molecule has 1 aliphatic heterocycles. The molecular weight excluding hydrogens is 414 g/mol. The van der Waals surface area contributed by atoms with E-state index in [0.717, 1.165) is 22.0 Å². The highest BCUT2D eigenvalue weighted by molar-refractivity contribution is 7.16. The highest BCUT2D eigenvalue weighted by Gasteiger charge is 2.27. The van der Waals surface area contributed by atoms with Crippen LogP contribution in [0.15, 0.2) is 35.2 Å². The van der Waals surface area contributed by atoms with Gasteiger partial charge in [-0.25, -0.2) is 4.98 Å². The van der Waals surface area contributed by atoms with Gasteiger partial charge < -0.3 is 19.2 Å². The number of furan rings is 1. The number of rotatable bonds is 7. The van der Waals surface area contributed by atoms with E-state index in [2.05, 4.69) is 16.4 Å². The predicted molar refractivity (Wildman–Crippen MR) is 115 cm³/mol. The van der Waals surface area contributed by atoms with Crippen LogP contribution in [0.4, 0.5) is 5.00 Å². The van der Waals surface area contributed by atoms with Gasteiger partial charge in [0.15, 0.2) is 0 Å². The summed E-state index contributed by atoms with van der Waals surface area (Å²) in [6.45, 7) is 1.04. The third-order valence-corrected chi connectivity index (χ3v) is 6.57. The number of carbonyl (C=O) groups is 2. The fourth-order valence-corrected chi connectivity index (χ4v) is 4.95. The number of imidazole rings is 1. The number of aromatic nitrogens is 2. The van der Waals surface area contributed by atoms with Crippen molar-refractivity contribution in [2.24, 2.45) is 7.05 Å². The fraction of sp³-hybridized carbons (Fsp3) is 0.364. The van der Waals surface area contributed by atoms with Crippen molar-refractivity contribution < 1.29 is 14.0 Å². The summed E-state index contributed by atoms with van der Waals surface area (Å²) < 4.78 is 7.17. The number of fused-ring (bicyclic) bond motifs is 1. The van der Waals surface area contributed by atoms with Gasteiger partial charge in [-0.05, 0) is 24.1 Å². The van der Waals surface area contributed by atoms with E-state index in [1.54, 1.807) is 18.5 Å². The van der Waals surface area contributed by atoms with Crippen molar-refractivity contribution in [1.82, 2.24) is 14.5 Å². The van der Waals surface area contributed by atoms with E-state index in [-0.39, 0.29) is 18.2 Å². The second-order valence-corrected chi connectivity index (χ2v) is 8.57. The summed E-state index contributed by atoms with van der Waals surface area (Å²) in [5, 5.41) is 13.1. The summed E-state index contributed by atoms with van der Waals surface area (Å²) >= 11 is 1.39. The van der Waals surface area contributed by atoms with Gasteiger partial charge in [-0.2, -0.15) is 5.26 Å². The second kappa shape index (κ2) is 9.18. The van der Waals surface area contributed by atoms with Gasteiger partial charge in [0.1, 0.15) is 22.7 Å². The molecule has 0 spiro atoms. The normalized spacial score (nSPS) is 13.0. The molecule has 0 saturated carbocycles. The average Bonchev–Trinajstić information content (AvgIpc) is 3.50. The molecule has 3 aromatic heterocycles. The summed E-state index contributed by atoms with van der Waals surface area (Å²) in [5.74, 6) is 1.55. The van der Waals surface area contributed by atoms with E-state index in [4.69, 9.17) is 4.42 Å². The number of hydrogen-bond donors (Lipinski definition) is 1. The van der Waals surface area contributed by atoms with Crippen LogP contribution in [0, 0.1) is 11.3 Å². The number of thiophene rings is 1. The van der Waals surface area contributed by atoms with Gasteiger partial charge in [0.25, 0.3) is 0 Å². The van der Waals surface area contributed by atoms with E-state index >= 15 is 0 Å². The SMILES string of the molecule is Cn1ccnc1CCC(=O)N1CCc2c(sc(NC(=O)CCc3ccco3)c2C#N)C1. The van der Waals surface area contributed by atoms with E-state index in [0.29, 0.717) is 49.3 Å². The van der Waals surface area contributed by atoms with Gasteiger partial charge in [0.05, 0.1) is 18.4 Å². The number of anilines is 1. The third-order valence-electron chi connectivity index (χ3n) is 5.44. The lowest BCUT2D eigenvalue weighted by molar-refractivity contribution is -0.132. The zero-order valence-electron chi connectivity index (χ0n) is 17.3. The fourth-order valence-electron chi connectivity index (χ4n) is 3.72. The molecule has 0 aliphatic carbocycles. The van der Waals surface area contributed by atoms with Crippen molar-refractivity contribution >= 4 is 28.2 Å². The van der Waals surface area contributed by atoms with Gasteiger partial charge in [-0.1, -0.05) is 0 Å². The van der Waals surface area contributed by atoms with Crippen LogP contribution in [0.5, 0.6) is 0 Å². The number of amides is 2. The molecule has 9 heteroatoms. The molecule has 0 fully saturated rings. The Morgan fingerprint density at radius 1 is 1.35 bits per heavy atom. The number of carbonyl (C=O) groups excluding carboxylic acids is 2. The van der Waals surface area contributed by atoms with Crippen molar-refractivity contribution in [3.63, 3.8) is 0 Å². The van der Waals surface area contributed by atoms with Gasteiger partial charge in [0, 0.05) is 56.5 Å². The molecule has 0 bridgehead atoms. The molecule has 1 N–H and O–H groups in total. The highest BCUT2D eigenvalue weighted by atomic mass is 32.1. The zero-order chi connectivity index (χ0) is 21.8. The Labute approximate surface area is 184 Å². The Kier molecular flexibility index (Phi) is 6.18. The van der Waals surface area contributed by atoms with Gasteiger partial charge in [-0.3, -0.25) is 9.59 Å². The minimum Gasteiger partial charge on any atom is -0.469 e. The Morgan fingerprint density at radius 2 is 2.23 bits per heavy atom. The maximum atomic E-state index is 12.7. The number of aryl methyl sites for hydroxylation is 3. The summed E-state index contributed by atoms with van der Waals surface area (Å²) in [5.41, 5.74) is 1.47. The predicted octanol–water partition coefficient (Wildman–Crippen LogP) is 3.04. The van der Waals surface area contributed by atoms with Crippen molar-refractivity contribution in [2.75, 3.05) is 11.9 Å². The molecule has 0 saturated heterocycles.